The maximum atomic E-state index is 5.89. The van der Waals surface area contributed by atoms with Gasteiger partial charge in [-0.15, -0.1) is 0 Å². The molecule has 6 heteroatoms. The molecule has 1 N–H and O–H groups in total. The highest BCUT2D eigenvalue weighted by Crippen LogP contribution is 2.14. The highest BCUT2D eigenvalue weighted by molar-refractivity contribution is 6.28. The maximum absolute atomic E-state index is 5.89. The van der Waals surface area contributed by atoms with Crippen LogP contribution in [0, 0.1) is 5.92 Å². The van der Waals surface area contributed by atoms with Crippen molar-refractivity contribution in [3.05, 3.63) is 5.28 Å². The number of hydrogen-bond acceptors (Lipinski definition) is 5. The van der Waals surface area contributed by atoms with Crippen LogP contribution in [0.4, 0.5) is 11.9 Å². The van der Waals surface area contributed by atoms with E-state index < -0.39 is 0 Å². The van der Waals surface area contributed by atoms with E-state index in [0.717, 1.165) is 12.3 Å². The van der Waals surface area contributed by atoms with Crippen LogP contribution < -0.4 is 10.2 Å². The number of aromatic nitrogens is 3. The Morgan fingerprint density at radius 1 is 1.11 bits per heavy atom. The van der Waals surface area contributed by atoms with Crippen LogP contribution in [0.3, 0.4) is 0 Å². The highest BCUT2D eigenvalue weighted by atomic mass is 35.5. The van der Waals surface area contributed by atoms with Crippen molar-refractivity contribution in [3.63, 3.8) is 0 Å². The summed E-state index contributed by atoms with van der Waals surface area (Å²) in [5, 5.41) is 3.50. The molecule has 1 aromatic rings. The predicted octanol–water partition coefficient (Wildman–Crippen LogP) is 3.22. The number of nitrogens with zero attached hydrogens (tertiary/aromatic N) is 4. The summed E-state index contributed by atoms with van der Waals surface area (Å²) in [6.07, 6.45) is 3.54. The number of nitrogens with one attached hydrogen (secondary N) is 1. The predicted molar refractivity (Wildman–Crippen MR) is 80.9 cm³/mol. The quantitative estimate of drug-likeness (QED) is 0.834. The third kappa shape index (κ3) is 6.05. The summed E-state index contributed by atoms with van der Waals surface area (Å²) in [7, 11) is 3.75. The second-order valence-corrected chi connectivity index (χ2v) is 5.83. The first-order valence-corrected chi connectivity index (χ1v) is 7.11. The number of halogens is 1. The van der Waals surface area contributed by atoms with Crippen molar-refractivity contribution >= 4 is 23.5 Å². The molecule has 1 atom stereocenters. The third-order valence-electron chi connectivity index (χ3n) is 2.79. The second-order valence-electron chi connectivity index (χ2n) is 5.49. The monoisotopic (exact) mass is 285 g/mol. The van der Waals surface area contributed by atoms with Gasteiger partial charge in [0, 0.05) is 20.1 Å². The number of rotatable bonds is 7. The number of anilines is 2. The van der Waals surface area contributed by atoms with Crippen LogP contribution in [0.2, 0.25) is 5.28 Å². The summed E-state index contributed by atoms with van der Waals surface area (Å²) in [5.41, 5.74) is 0. The summed E-state index contributed by atoms with van der Waals surface area (Å²) in [6.45, 7) is 6.62. The first-order valence-electron chi connectivity index (χ1n) is 6.74. The van der Waals surface area contributed by atoms with Gasteiger partial charge in [0.2, 0.25) is 17.2 Å². The fourth-order valence-corrected chi connectivity index (χ4v) is 1.88. The van der Waals surface area contributed by atoms with Gasteiger partial charge in [0.25, 0.3) is 0 Å². The lowest BCUT2D eigenvalue weighted by molar-refractivity contribution is 0.519. The van der Waals surface area contributed by atoms with Crippen molar-refractivity contribution in [3.8, 4) is 0 Å². The molecule has 19 heavy (non-hydrogen) atoms. The van der Waals surface area contributed by atoms with Gasteiger partial charge >= 0.3 is 0 Å². The minimum Gasteiger partial charge on any atom is -0.352 e. The molecule has 0 fully saturated rings. The van der Waals surface area contributed by atoms with E-state index in [-0.39, 0.29) is 5.28 Å². The van der Waals surface area contributed by atoms with Gasteiger partial charge < -0.3 is 10.2 Å². The number of hydrogen-bond donors (Lipinski definition) is 1. The molecule has 5 nitrogen and oxygen atoms in total. The van der Waals surface area contributed by atoms with Crippen molar-refractivity contribution in [1.29, 1.82) is 0 Å². The summed E-state index contributed by atoms with van der Waals surface area (Å²) >= 11 is 5.89. The van der Waals surface area contributed by atoms with Crippen molar-refractivity contribution in [2.45, 2.75) is 46.1 Å². The molecule has 108 valence electrons. The minimum absolute atomic E-state index is 0.218. The molecule has 0 bridgehead atoms. The van der Waals surface area contributed by atoms with Crippen molar-refractivity contribution in [1.82, 2.24) is 15.0 Å². The Morgan fingerprint density at radius 2 is 1.79 bits per heavy atom. The molecule has 0 aliphatic rings. The van der Waals surface area contributed by atoms with E-state index in [1.165, 1.54) is 12.8 Å². The maximum Gasteiger partial charge on any atom is 0.230 e. The van der Waals surface area contributed by atoms with Crippen molar-refractivity contribution in [2.24, 2.45) is 5.92 Å². The molecule has 1 rings (SSSR count). The fraction of sp³-hybridized carbons (Fsp3) is 0.769. The SMILES string of the molecule is CC(C)CCCC(C)Nc1nc(Cl)nc(N(C)C)n1. The Kier molecular flexibility index (Phi) is 6.28. The first-order chi connectivity index (χ1) is 8.88. The van der Waals surface area contributed by atoms with E-state index >= 15 is 0 Å². The molecule has 0 radical (unpaired) electrons. The van der Waals surface area contributed by atoms with E-state index in [1.54, 1.807) is 0 Å². The molecule has 1 unspecified atom stereocenters. The lowest BCUT2D eigenvalue weighted by Gasteiger charge is -2.16. The van der Waals surface area contributed by atoms with Crippen LogP contribution in [-0.4, -0.2) is 35.1 Å². The molecule has 0 aromatic carbocycles. The lowest BCUT2D eigenvalue weighted by atomic mass is 10.0. The third-order valence-corrected chi connectivity index (χ3v) is 2.96. The molecule has 0 aliphatic heterocycles. The van der Waals surface area contributed by atoms with Gasteiger partial charge in [0.05, 0.1) is 0 Å². The molecule has 0 spiro atoms. The zero-order valence-corrected chi connectivity index (χ0v) is 13.2. The molecular formula is C13H24ClN5. The summed E-state index contributed by atoms with van der Waals surface area (Å²) in [4.78, 5) is 14.3. The van der Waals surface area contributed by atoms with Gasteiger partial charge in [-0.25, -0.2) is 0 Å². The summed E-state index contributed by atoms with van der Waals surface area (Å²) in [5.74, 6) is 1.86. The van der Waals surface area contributed by atoms with Gasteiger partial charge in [-0.05, 0) is 30.9 Å². The molecule has 0 saturated carbocycles. The Bertz CT molecular complexity index is 395. The normalized spacial score (nSPS) is 12.6. The summed E-state index contributed by atoms with van der Waals surface area (Å²) in [6, 6.07) is 0.326. The van der Waals surface area contributed by atoms with E-state index in [1.807, 2.05) is 19.0 Å². The average molecular weight is 286 g/mol. The Labute approximate surface area is 120 Å². The second kappa shape index (κ2) is 7.48. The lowest BCUT2D eigenvalue weighted by Crippen LogP contribution is -2.20. The molecule has 1 heterocycles. The van der Waals surface area contributed by atoms with Crippen LogP contribution >= 0.6 is 11.6 Å². The van der Waals surface area contributed by atoms with E-state index in [9.17, 15) is 0 Å². The van der Waals surface area contributed by atoms with Gasteiger partial charge in [-0.2, -0.15) is 15.0 Å². The molecule has 1 aromatic heterocycles. The van der Waals surface area contributed by atoms with Crippen molar-refractivity contribution < 1.29 is 0 Å². The van der Waals surface area contributed by atoms with Crippen LogP contribution in [0.1, 0.15) is 40.0 Å². The standard InChI is InChI=1S/C13H24ClN5/c1-9(2)7-6-8-10(3)15-12-16-11(14)17-13(18-12)19(4)5/h9-10H,6-8H2,1-5H3,(H,15,16,17,18). The minimum atomic E-state index is 0.218. The van der Waals surface area contributed by atoms with Gasteiger partial charge in [0.15, 0.2) is 0 Å². The van der Waals surface area contributed by atoms with Crippen LogP contribution in [0.25, 0.3) is 0 Å². The van der Waals surface area contributed by atoms with Crippen LogP contribution in [0.5, 0.6) is 0 Å². The molecular weight excluding hydrogens is 262 g/mol. The van der Waals surface area contributed by atoms with Gasteiger partial charge in [0.1, 0.15) is 0 Å². The Balaban J connectivity index is 2.56. The van der Waals surface area contributed by atoms with Crippen LogP contribution in [0.15, 0.2) is 0 Å². The summed E-state index contributed by atoms with van der Waals surface area (Å²) < 4.78 is 0. The zero-order valence-electron chi connectivity index (χ0n) is 12.4. The van der Waals surface area contributed by atoms with Gasteiger partial charge in [-0.3, -0.25) is 0 Å². The van der Waals surface area contributed by atoms with E-state index in [0.29, 0.717) is 17.9 Å². The van der Waals surface area contributed by atoms with E-state index in [4.69, 9.17) is 11.6 Å². The topological polar surface area (TPSA) is 53.9 Å². The largest absolute Gasteiger partial charge is 0.352 e. The highest BCUT2D eigenvalue weighted by Gasteiger charge is 2.09. The molecule has 0 aliphatic carbocycles. The van der Waals surface area contributed by atoms with Gasteiger partial charge in [-0.1, -0.05) is 26.7 Å². The average Bonchev–Trinajstić information content (AvgIpc) is 2.27. The van der Waals surface area contributed by atoms with Crippen LogP contribution in [-0.2, 0) is 0 Å². The first kappa shape index (κ1) is 16.0. The molecule has 0 amide bonds. The molecule has 0 saturated heterocycles. The fourth-order valence-electron chi connectivity index (χ4n) is 1.73. The Hall–Kier alpha value is -1.10. The zero-order chi connectivity index (χ0) is 14.4. The van der Waals surface area contributed by atoms with E-state index in [2.05, 4.69) is 41.0 Å². The van der Waals surface area contributed by atoms with Crippen molar-refractivity contribution in [2.75, 3.05) is 24.3 Å². The Morgan fingerprint density at radius 3 is 2.37 bits per heavy atom. The smallest absolute Gasteiger partial charge is 0.230 e.